The van der Waals surface area contributed by atoms with Crippen LogP contribution in [-0.4, -0.2) is 10.5 Å². The minimum absolute atomic E-state index is 1.13. The second-order valence-electron chi connectivity index (χ2n) is 2.03. The van der Waals surface area contributed by atoms with Crippen LogP contribution in [-0.2, 0) is 4.43 Å². The van der Waals surface area contributed by atoms with Gasteiger partial charge in [0.15, 0.2) is 0 Å². The van der Waals surface area contributed by atoms with Gasteiger partial charge in [0.25, 0.3) is 10.5 Å². The predicted molar refractivity (Wildman–Crippen MR) is 34.8 cm³/mol. The van der Waals surface area contributed by atoms with Crippen molar-refractivity contribution in [1.29, 1.82) is 0 Å². The van der Waals surface area contributed by atoms with Gasteiger partial charge in [0.2, 0.25) is 0 Å². The van der Waals surface area contributed by atoms with Gasteiger partial charge in [-0.2, -0.15) is 0 Å². The van der Waals surface area contributed by atoms with E-state index in [1.54, 1.807) is 0 Å². The second-order valence-corrected chi connectivity index (χ2v) is 2.27. The molecule has 0 amide bonds. The summed E-state index contributed by atoms with van der Waals surface area (Å²) in [5.74, 6) is 1.14. The lowest BCUT2D eigenvalue weighted by molar-refractivity contribution is 0.417. The van der Waals surface area contributed by atoms with Crippen molar-refractivity contribution in [2.45, 2.75) is 25.7 Å². The topological polar surface area (TPSA) is 9.23 Å². The Hall–Kier alpha value is -0.243. The molecule has 1 rings (SSSR count). The van der Waals surface area contributed by atoms with E-state index in [-0.39, 0.29) is 0 Å². The lowest BCUT2D eigenvalue weighted by Gasteiger charge is -2.10. The van der Waals surface area contributed by atoms with Crippen LogP contribution in [0.5, 0.6) is 0 Å². The summed E-state index contributed by atoms with van der Waals surface area (Å²) >= 11 is 0. The van der Waals surface area contributed by atoms with Crippen molar-refractivity contribution in [2.75, 3.05) is 0 Å². The lowest BCUT2D eigenvalue weighted by Crippen LogP contribution is -1.93. The molecule has 0 N–H and O–H groups in total. The highest BCUT2D eigenvalue weighted by atomic mass is 28.2. The molecule has 2 heteroatoms. The third-order valence-electron chi connectivity index (χ3n) is 1.40. The molecule has 0 aromatic rings. The number of allylic oxidation sites excluding steroid dienone is 2. The molecule has 0 aromatic carbocycles. The molecular weight excluding hydrogens is 116 g/mol. The molecule has 8 heavy (non-hydrogen) atoms. The number of rotatable bonds is 1. The smallest absolute Gasteiger partial charge is 0.288 e. The highest BCUT2D eigenvalue weighted by Gasteiger charge is 2.00. The van der Waals surface area contributed by atoms with Gasteiger partial charge in [-0.05, 0) is 25.3 Å². The van der Waals surface area contributed by atoms with Crippen LogP contribution in [0.3, 0.4) is 0 Å². The van der Waals surface area contributed by atoms with Crippen molar-refractivity contribution in [3.8, 4) is 0 Å². The third-order valence-corrected chi connectivity index (χ3v) is 1.70. The van der Waals surface area contributed by atoms with E-state index in [4.69, 9.17) is 4.43 Å². The summed E-state index contributed by atoms with van der Waals surface area (Å²) in [5.41, 5.74) is 0. The summed E-state index contributed by atoms with van der Waals surface area (Å²) < 4.78 is 4.97. The summed E-state index contributed by atoms with van der Waals surface area (Å²) in [7, 11) is 2.28. The molecule has 0 bridgehead atoms. The van der Waals surface area contributed by atoms with Crippen LogP contribution in [0.15, 0.2) is 11.8 Å². The zero-order chi connectivity index (χ0) is 5.82. The molecule has 0 spiro atoms. The first-order valence-electron chi connectivity index (χ1n) is 2.99. The van der Waals surface area contributed by atoms with Crippen molar-refractivity contribution in [3.63, 3.8) is 0 Å². The normalized spacial score (nSPS) is 19.9. The molecule has 44 valence electrons. The van der Waals surface area contributed by atoms with Gasteiger partial charge >= 0.3 is 0 Å². The van der Waals surface area contributed by atoms with Crippen molar-refractivity contribution >= 4 is 10.5 Å². The van der Waals surface area contributed by atoms with Crippen LogP contribution in [0, 0.1) is 0 Å². The Labute approximate surface area is 53.3 Å². The van der Waals surface area contributed by atoms with Gasteiger partial charge in [-0.3, -0.25) is 0 Å². The van der Waals surface area contributed by atoms with E-state index >= 15 is 0 Å². The third kappa shape index (κ3) is 1.37. The molecule has 0 saturated heterocycles. The Morgan fingerprint density at radius 2 is 2.38 bits per heavy atom. The van der Waals surface area contributed by atoms with E-state index in [0.717, 1.165) is 12.2 Å². The minimum Gasteiger partial charge on any atom is -0.548 e. The lowest BCUT2D eigenvalue weighted by atomic mass is 10.1. The molecule has 0 aliphatic heterocycles. The van der Waals surface area contributed by atoms with Crippen LogP contribution in [0.4, 0.5) is 0 Å². The molecule has 1 aliphatic rings. The molecular formula is C6H10OSi. The van der Waals surface area contributed by atoms with E-state index in [9.17, 15) is 0 Å². The Kier molecular flexibility index (Phi) is 2.15. The summed E-state index contributed by atoms with van der Waals surface area (Å²) in [6.07, 6.45) is 7.11. The average Bonchev–Trinajstić information content (AvgIpc) is 1.90. The minimum atomic E-state index is 1.13. The van der Waals surface area contributed by atoms with Gasteiger partial charge in [0.05, 0.1) is 5.76 Å². The van der Waals surface area contributed by atoms with E-state index < -0.39 is 0 Å². The SMILES string of the molecule is [SiH]OC1=CCCCC1. The van der Waals surface area contributed by atoms with Crippen molar-refractivity contribution in [2.24, 2.45) is 0 Å². The molecule has 0 heterocycles. The van der Waals surface area contributed by atoms with Crippen LogP contribution in [0.1, 0.15) is 25.7 Å². The maximum absolute atomic E-state index is 4.97. The van der Waals surface area contributed by atoms with E-state index in [1.807, 2.05) is 0 Å². The monoisotopic (exact) mass is 126 g/mol. The first-order valence-corrected chi connectivity index (χ1v) is 3.46. The highest BCUT2D eigenvalue weighted by Crippen LogP contribution is 2.16. The zero-order valence-electron chi connectivity index (χ0n) is 4.89. The predicted octanol–water partition coefficient (Wildman–Crippen LogP) is 1.28. The largest absolute Gasteiger partial charge is 0.548 e. The molecule has 0 aromatic heterocycles. The van der Waals surface area contributed by atoms with Crippen molar-refractivity contribution < 1.29 is 4.43 Å². The first kappa shape index (κ1) is 5.89. The molecule has 0 unspecified atom stereocenters. The Morgan fingerprint density at radius 3 is 2.75 bits per heavy atom. The summed E-state index contributed by atoms with van der Waals surface area (Å²) in [6, 6.07) is 0. The Morgan fingerprint density at radius 1 is 1.50 bits per heavy atom. The standard InChI is InChI=1S/C6H10OSi/c8-7-6-4-2-1-3-5-6/h4,8H,1-3,5H2. The van der Waals surface area contributed by atoms with Gasteiger partial charge < -0.3 is 4.43 Å². The maximum atomic E-state index is 4.97. The summed E-state index contributed by atoms with van der Waals surface area (Å²) in [5, 5.41) is 0. The molecule has 1 nitrogen and oxygen atoms in total. The molecule has 0 atom stereocenters. The molecule has 1 aliphatic carbocycles. The van der Waals surface area contributed by atoms with Crippen LogP contribution < -0.4 is 0 Å². The quantitative estimate of drug-likeness (QED) is 0.481. The van der Waals surface area contributed by atoms with Gasteiger partial charge in [0, 0.05) is 6.42 Å². The summed E-state index contributed by atoms with van der Waals surface area (Å²) in [6.45, 7) is 0. The number of hydrogen-bond donors (Lipinski definition) is 0. The Balaban J connectivity index is 2.37. The van der Waals surface area contributed by atoms with E-state index in [2.05, 4.69) is 16.6 Å². The second kappa shape index (κ2) is 2.92. The van der Waals surface area contributed by atoms with Gasteiger partial charge in [-0.15, -0.1) is 0 Å². The van der Waals surface area contributed by atoms with E-state index in [0.29, 0.717) is 0 Å². The Bertz CT molecular complexity index is 98.7. The highest BCUT2D eigenvalue weighted by molar-refractivity contribution is 5.98. The van der Waals surface area contributed by atoms with Gasteiger partial charge in [-0.25, -0.2) is 0 Å². The van der Waals surface area contributed by atoms with Gasteiger partial charge in [0.1, 0.15) is 0 Å². The van der Waals surface area contributed by atoms with Crippen LogP contribution >= 0.6 is 0 Å². The molecule has 2 radical (unpaired) electrons. The fraction of sp³-hybridized carbons (Fsp3) is 0.667. The average molecular weight is 126 g/mol. The zero-order valence-corrected chi connectivity index (χ0v) is 6.05. The fourth-order valence-electron chi connectivity index (χ4n) is 0.916. The van der Waals surface area contributed by atoms with Crippen LogP contribution in [0.2, 0.25) is 0 Å². The van der Waals surface area contributed by atoms with Crippen LogP contribution in [0.25, 0.3) is 0 Å². The number of hydrogen-bond acceptors (Lipinski definition) is 1. The summed E-state index contributed by atoms with van der Waals surface area (Å²) in [4.78, 5) is 0. The van der Waals surface area contributed by atoms with Crippen molar-refractivity contribution in [3.05, 3.63) is 11.8 Å². The first-order chi connectivity index (χ1) is 3.93. The van der Waals surface area contributed by atoms with Gasteiger partial charge in [-0.1, -0.05) is 0 Å². The fourth-order valence-corrected chi connectivity index (χ4v) is 1.13. The molecule has 0 saturated carbocycles. The molecule has 0 fully saturated rings. The van der Waals surface area contributed by atoms with Crippen molar-refractivity contribution in [1.82, 2.24) is 0 Å². The van der Waals surface area contributed by atoms with E-state index in [1.165, 1.54) is 19.3 Å². The maximum Gasteiger partial charge on any atom is 0.288 e.